The Morgan fingerprint density at radius 1 is 0.660 bits per heavy atom. The molecule has 0 spiro atoms. The highest BCUT2D eigenvalue weighted by Crippen LogP contribution is 2.43. The number of carbonyl (C=O) groups is 3. The standard InChI is InChI=1S/C38H66NO10P/c1-3-5-7-9-11-13-15-16-17-18-20-22-24-26-28-30-37(42)47-31-34(40)32-48-50(45,46)49-33-35(38(43)44)39-36(41)29-27-25-23-21-19-14-12-10-8-6-4-2/h5,7,11,13,16-17,20,22,34-35,40H,3-4,6,8-10,12,14-15,18-19,21,23-33H2,1-2H3,(H,39,41)(H,43,44)(H,45,46)/b7-5-,13-11-,17-16-,22-20-. The number of aliphatic carboxylic acids is 1. The van der Waals surface area contributed by atoms with Crippen LogP contribution in [0.1, 0.15) is 142 Å². The molecule has 0 saturated heterocycles. The van der Waals surface area contributed by atoms with Crippen molar-refractivity contribution in [3.8, 4) is 0 Å². The van der Waals surface area contributed by atoms with Crippen molar-refractivity contribution >= 4 is 25.7 Å². The summed E-state index contributed by atoms with van der Waals surface area (Å²) in [6.07, 6.45) is 34.4. The van der Waals surface area contributed by atoms with Gasteiger partial charge in [0, 0.05) is 12.8 Å². The number of phosphoric acid groups is 1. The smallest absolute Gasteiger partial charge is 0.472 e. The molecule has 0 aliphatic carbocycles. The van der Waals surface area contributed by atoms with Crippen LogP contribution in [-0.2, 0) is 32.7 Å². The fourth-order valence-electron chi connectivity index (χ4n) is 4.72. The molecule has 3 unspecified atom stereocenters. The minimum Gasteiger partial charge on any atom is -0.480 e. The molecule has 50 heavy (non-hydrogen) atoms. The molecule has 4 N–H and O–H groups in total. The van der Waals surface area contributed by atoms with E-state index in [1.165, 1.54) is 44.9 Å². The van der Waals surface area contributed by atoms with Crippen molar-refractivity contribution < 1.29 is 47.8 Å². The third-order valence-corrected chi connectivity index (χ3v) is 8.58. The van der Waals surface area contributed by atoms with Gasteiger partial charge in [-0.05, 0) is 51.4 Å². The molecular weight excluding hydrogens is 661 g/mol. The van der Waals surface area contributed by atoms with Crippen molar-refractivity contribution in [3.05, 3.63) is 48.6 Å². The number of carboxylic acid groups (broad SMARTS) is 1. The molecule has 0 aliphatic rings. The molecule has 0 heterocycles. The van der Waals surface area contributed by atoms with Crippen LogP contribution in [0.15, 0.2) is 48.6 Å². The van der Waals surface area contributed by atoms with E-state index >= 15 is 0 Å². The Labute approximate surface area is 301 Å². The Hall–Kier alpha value is -2.56. The lowest BCUT2D eigenvalue weighted by Gasteiger charge is -2.18. The van der Waals surface area contributed by atoms with E-state index < -0.39 is 57.6 Å². The minimum absolute atomic E-state index is 0.143. The van der Waals surface area contributed by atoms with Crippen LogP contribution in [0.5, 0.6) is 0 Å². The number of carboxylic acids is 1. The summed E-state index contributed by atoms with van der Waals surface area (Å²) >= 11 is 0. The van der Waals surface area contributed by atoms with Crippen LogP contribution in [0.3, 0.4) is 0 Å². The number of allylic oxidation sites excluding steroid dienone is 8. The van der Waals surface area contributed by atoms with Crippen molar-refractivity contribution in [2.75, 3.05) is 19.8 Å². The van der Waals surface area contributed by atoms with E-state index in [-0.39, 0.29) is 12.8 Å². The lowest BCUT2D eigenvalue weighted by atomic mass is 10.1. The maximum atomic E-state index is 12.2. The Kier molecular flexibility index (Phi) is 31.9. The average Bonchev–Trinajstić information content (AvgIpc) is 3.08. The number of amides is 1. The van der Waals surface area contributed by atoms with Gasteiger partial charge >= 0.3 is 19.8 Å². The highest BCUT2D eigenvalue weighted by Gasteiger charge is 2.28. The molecule has 12 heteroatoms. The predicted molar refractivity (Wildman–Crippen MR) is 199 cm³/mol. The van der Waals surface area contributed by atoms with Crippen molar-refractivity contribution in [2.45, 2.75) is 154 Å². The van der Waals surface area contributed by atoms with Gasteiger partial charge in [-0.2, -0.15) is 0 Å². The second-order valence-electron chi connectivity index (χ2n) is 12.4. The summed E-state index contributed by atoms with van der Waals surface area (Å²) in [6, 6.07) is -1.55. The Bertz CT molecular complexity index is 1040. The average molecular weight is 728 g/mol. The van der Waals surface area contributed by atoms with Gasteiger partial charge in [-0.1, -0.05) is 127 Å². The van der Waals surface area contributed by atoms with Crippen molar-refractivity contribution in [3.63, 3.8) is 0 Å². The van der Waals surface area contributed by atoms with Gasteiger partial charge in [0.25, 0.3) is 0 Å². The molecular formula is C38H66NO10P. The summed E-state index contributed by atoms with van der Waals surface area (Å²) < 4.78 is 26.7. The molecule has 0 fully saturated rings. The third-order valence-electron chi connectivity index (χ3n) is 7.63. The van der Waals surface area contributed by atoms with E-state index in [0.29, 0.717) is 12.8 Å². The van der Waals surface area contributed by atoms with Gasteiger partial charge in [0.05, 0.1) is 13.2 Å². The highest BCUT2D eigenvalue weighted by molar-refractivity contribution is 7.47. The Morgan fingerprint density at radius 3 is 1.72 bits per heavy atom. The van der Waals surface area contributed by atoms with Gasteiger partial charge in [-0.3, -0.25) is 18.6 Å². The zero-order valence-electron chi connectivity index (χ0n) is 30.7. The molecule has 0 radical (unpaired) electrons. The first kappa shape index (κ1) is 47.4. The van der Waals surface area contributed by atoms with Gasteiger partial charge in [-0.25, -0.2) is 9.36 Å². The summed E-state index contributed by atoms with van der Waals surface area (Å²) in [5.41, 5.74) is 0. The van der Waals surface area contributed by atoms with Crippen LogP contribution in [0.25, 0.3) is 0 Å². The van der Waals surface area contributed by atoms with Gasteiger partial charge in [0.2, 0.25) is 5.91 Å². The third kappa shape index (κ3) is 32.6. The maximum absolute atomic E-state index is 12.2. The largest absolute Gasteiger partial charge is 0.480 e. The minimum atomic E-state index is -4.76. The van der Waals surface area contributed by atoms with Crippen molar-refractivity contribution in [2.24, 2.45) is 0 Å². The molecule has 1 amide bonds. The second-order valence-corrected chi connectivity index (χ2v) is 13.8. The number of ether oxygens (including phenoxy) is 1. The van der Waals surface area contributed by atoms with E-state index in [1.54, 1.807) is 0 Å². The van der Waals surface area contributed by atoms with Gasteiger partial charge in [-0.15, -0.1) is 0 Å². The summed E-state index contributed by atoms with van der Waals surface area (Å²) in [7, 11) is -4.76. The monoisotopic (exact) mass is 727 g/mol. The number of rotatable bonds is 34. The topological polar surface area (TPSA) is 169 Å². The lowest BCUT2D eigenvalue weighted by Crippen LogP contribution is -2.43. The van der Waals surface area contributed by atoms with E-state index in [1.807, 2.05) is 0 Å². The first-order chi connectivity index (χ1) is 24.1. The first-order valence-electron chi connectivity index (χ1n) is 18.7. The van der Waals surface area contributed by atoms with E-state index in [0.717, 1.165) is 57.8 Å². The van der Waals surface area contributed by atoms with Crippen LogP contribution in [0.2, 0.25) is 0 Å². The number of phosphoric ester groups is 1. The predicted octanol–water partition coefficient (Wildman–Crippen LogP) is 8.66. The molecule has 0 aromatic carbocycles. The molecule has 0 rings (SSSR count). The molecule has 0 saturated carbocycles. The normalized spacial score (nSPS) is 14.5. The fraction of sp³-hybridized carbons (Fsp3) is 0.711. The molecule has 0 aliphatic heterocycles. The Morgan fingerprint density at radius 2 is 1.16 bits per heavy atom. The van der Waals surface area contributed by atoms with Gasteiger partial charge < -0.3 is 25.2 Å². The quantitative estimate of drug-likeness (QED) is 0.0218. The van der Waals surface area contributed by atoms with E-state index in [2.05, 4.69) is 67.8 Å². The van der Waals surface area contributed by atoms with Crippen LogP contribution < -0.4 is 5.32 Å². The van der Waals surface area contributed by atoms with Crippen LogP contribution in [0.4, 0.5) is 0 Å². The second kappa shape index (κ2) is 33.6. The molecule has 0 bridgehead atoms. The number of hydrogen-bond donors (Lipinski definition) is 4. The number of hydrogen-bond acceptors (Lipinski definition) is 8. The SMILES string of the molecule is CC/C=C\C/C=C\C/C=C\C/C=C\CCCCC(=O)OCC(O)COP(=O)(O)OCC(NC(=O)CCCCCCCCCCCCC)C(=O)O. The number of carbonyl (C=O) groups excluding carboxylic acids is 2. The summed E-state index contributed by atoms with van der Waals surface area (Å²) in [6.45, 7) is 2.39. The molecule has 11 nitrogen and oxygen atoms in total. The molecule has 0 aromatic heterocycles. The molecule has 288 valence electrons. The summed E-state index contributed by atoms with van der Waals surface area (Å²) in [5, 5.41) is 21.7. The molecule has 0 aromatic rings. The van der Waals surface area contributed by atoms with Gasteiger partial charge in [0.1, 0.15) is 12.7 Å². The van der Waals surface area contributed by atoms with E-state index in [4.69, 9.17) is 13.8 Å². The van der Waals surface area contributed by atoms with Crippen molar-refractivity contribution in [1.82, 2.24) is 5.32 Å². The number of aliphatic hydroxyl groups is 1. The number of nitrogens with one attached hydrogen (secondary N) is 1. The lowest BCUT2D eigenvalue weighted by molar-refractivity contribution is -0.147. The number of esters is 1. The summed E-state index contributed by atoms with van der Waals surface area (Å²) in [5.74, 6) is -2.42. The maximum Gasteiger partial charge on any atom is 0.472 e. The number of aliphatic hydroxyl groups excluding tert-OH is 1. The summed E-state index contributed by atoms with van der Waals surface area (Å²) in [4.78, 5) is 45.6. The van der Waals surface area contributed by atoms with Crippen molar-refractivity contribution in [1.29, 1.82) is 0 Å². The van der Waals surface area contributed by atoms with Crippen LogP contribution in [0, 0.1) is 0 Å². The molecule has 3 atom stereocenters. The Balaban J connectivity index is 4.03. The van der Waals surface area contributed by atoms with E-state index in [9.17, 15) is 34.1 Å². The van der Waals surface area contributed by atoms with Crippen LogP contribution >= 0.6 is 7.82 Å². The zero-order valence-corrected chi connectivity index (χ0v) is 31.6. The zero-order chi connectivity index (χ0) is 37.1. The van der Waals surface area contributed by atoms with Crippen LogP contribution in [-0.4, -0.2) is 64.9 Å². The first-order valence-corrected chi connectivity index (χ1v) is 20.2. The highest BCUT2D eigenvalue weighted by atomic mass is 31.2. The van der Waals surface area contributed by atoms with Gasteiger partial charge in [0.15, 0.2) is 6.04 Å². The fourth-order valence-corrected chi connectivity index (χ4v) is 5.49. The number of unbranched alkanes of at least 4 members (excludes halogenated alkanes) is 12.